The van der Waals surface area contributed by atoms with Crippen LogP contribution in [0.5, 0.6) is 0 Å². The van der Waals surface area contributed by atoms with Gasteiger partial charge in [-0.15, -0.1) is 0 Å². The van der Waals surface area contributed by atoms with Crippen LogP contribution in [-0.2, 0) is 9.53 Å². The van der Waals surface area contributed by atoms with Crippen LogP contribution >= 0.6 is 0 Å². The van der Waals surface area contributed by atoms with Crippen LogP contribution in [-0.4, -0.2) is 18.1 Å². The lowest BCUT2D eigenvalue weighted by Crippen LogP contribution is -3.00. The Hall–Kier alpha value is -0.280. The van der Waals surface area contributed by atoms with E-state index in [1.807, 2.05) is 6.92 Å². The Bertz CT molecular complexity index is 223. The van der Waals surface area contributed by atoms with Crippen molar-refractivity contribution in [1.29, 1.82) is 0 Å². The van der Waals surface area contributed by atoms with Gasteiger partial charge in [0.25, 0.3) is 0 Å². The molecule has 1 rings (SSSR count). The molecule has 0 aromatic rings. The van der Waals surface area contributed by atoms with E-state index in [1.165, 1.54) is 32.1 Å². The summed E-state index contributed by atoms with van der Waals surface area (Å²) < 4.78 is 5.49. The van der Waals surface area contributed by atoms with Crippen molar-refractivity contribution >= 4 is 5.97 Å². The van der Waals surface area contributed by atoms with Crippen LogP contribution in [0.15, 0.2) is 0 Å². The van der Waals surface area contributed by atoms with Crippen molar-refractivity contribution in [3.8, 4) is 0 Å². The van der Waals surface area contributed by atoms with Crippen LogP contribution in [0.25, 0.3) is 0 Å². The predicted octanol–water partition coefficient (Wildman–Crippen LogP) is -1.09. The standard InChI is InChI=1S/C13H25NO2.ClH/c1-3-4-7-11-8-5-6-9-12(14)13(15)16-10(11)2;/h10-12H,3-9,14H2,1-2H3;1H. The number of carbonyl (C=O) groups excluding carboxylic acids is 1. The number of quaternary nitrogens is 1. The molecule has 1 saturated heterocycles. The van der Waals surface area contributed by atoms with Gasteiger partial charge in [0, 0.05) is 6.42 Å². The highest BCUT2D eigenvalue weighted by atomic mass is 35.5. The highest BCUT2D eigenvalue weighted by molar-refractivity contribution is 5.74. The number of hydrogen-bond acceptors (Lipinski definition) is 2. The van der Waals surface area contributed by atoms with Gasteiger partial charge in [-0.1, -0.05) is 26.2 Å². The van der Waals surface area contributed by atoms with E-state index in [0.717, 1.165) is 12.8 Å². The molecule has 17 heavy (non-hydrogen) atoms. The first-order valence-corrected chi connectivity index (χ1v) is 6.68. The van der Waals surface area contributed by atoms with Crippen molar-refractivity contribution in [3.05, 3.63) is 0 Å². The number of rotatable bonds is 3. The minimum Gasteiger partial charge on any atom is -1.00 e. The molecular weight excluding hydrogens is 238 g/mol. The summed E-state index contributed by atoms with van der Waals surface area (Å²) >= 11 is 0. The summed E-state index contributed by atoms with van der Waals surface area (Å²) in [6.07, 6.45) is 8.11. The quantitative estimate of drug-likeness (QED) is 0.658. The van der Waals surface area contributed by atoms with Crippen molar-refractivity contribution in [3.63, 3.8) is 0 Å². The number of carbonyl (C=O) groups is 1. The molecule has 0 saturated carbocycles. The van der Waals surface area contributed by atoms with Crippen LogP contribution in [0.4, 0.5) is 0 Å². The smallest absolute Gasteiger partial charge is 0.365 e. The Balaban J connectivity index is 0.00000256. The zero-order chi connectivity index (χ0) is 12.0. The molecule has 1 heterocycles. The summed E-state index contributed by atoms with van der Waals surface area (Å²) in [5.74, 6) is 0.449. The number of halogens is 1. The number of cyclic esters (lactones) is 1. The first-order valence-electron chi connectivity index (χ1n) is 6.68. The van der Waals surface area contributed by atoms with Gasteiger partial charge in [0.15, 0.2) is 6.04 Å². The molecule has 4 heteroatoms. The summed E-state index contributed by atoms with van der Waals surface area (Å²) in [4.78, 5) is 11.7. The maximum absolute atomic E-state index is 11.7. The largest absolute Gasteiger partial charge is 1.00 e. The average Bonchev–Trinajstić information content (AvgIpc) is 2.31. The van der Waals surface area contributed by atoms with E-state index >= 15 is 0 Å². The van der Waals surface area contributed by atoms with Gasteiger partial charge in [0.2, 0.25) is 0 Å². The molecule has 3 N–H and O–H groups in total. The Morgan fingerprint density at radius 1 is 1.35 bits per heavy atom. The molecule has 0 aromatic heterocycles. The maximum atomic E-state index is 11.7. The van der Waals surface area contributed by atoms with Crippen LogP contribution in [0.3, 0.4) is 0 Å². The summed E-state index contributed by atoms with van der Waals surface area (Å²) in [5, 5.41) is 0. The van der Waals surface area contributed by atoms with Gasteiger partial charge in [-0.3, -0.25) is 0 Å². The van der Waals surface area contributed by atoms with Crippen molar-refractivity contribution in [1.82, 2.24) is 0 Å². The minimum absolute atomic E-state index is 0. The maximum Gasteiger partial charge on any atom is 0.365 e. The van der Waals surface area contributed by atoms with Gasteiger partial charge in [-0.2, -0.15) is 0 Å². The number of ether oxygens (including phenoxy) is 1. The highest BCUT2D eigenvalue weighted by Gasteiger charge is 2.27. The first kappa shape index (κ1) is 16.7. The molecule has 1 aliphatic rings. The fourth-order valence-electron chi connectivity index (χ4n) is 2.37. The summed E-state index contributed by atoms with van der Waals surface area (Å²) in [6, 6.07) is -0.160. The molecule has 1 aliphatic heterocycles. The molecule has 0 aliphatic carbocycles. The van der Waals surface area contributed by atoms with Crippen molar-refractivity contribution in [2.24, 2.45) is 5.92 Å². The molecule has 1 fully saturated rings. The fraction of sp³-hybridized carbons (Fsp3) is 0.923. The lowest BCUT2D eigenvalue weighted by molar-refractivity contribution is -0.410. The third-order valence-electron chi connectivity index (χ3n) is 3.61. The summed E-state index contributed by atoms with van der Waals surface area (Å²) in [5.41, 5.74) is 3.87. The lowest BCUT2D eigenvalue weighted by atomic mass is 9.91. The summed E-state index contributed by atoms with van der Waals surface area (Å²) in [7, 11) is 0. The zero-order valence-electron chi connectivity index (χ0n) is 11.1. The van der Waals surface area contributed by atoms with E-state index < -0.39 is 0 Å². The first-order chi connectivity index (χ1) is 7.65. The van der Waals surface area contributed by atoms with E-state index in [2.05, 4.69) is 12.7 Å². The van der Waals surface area contributed by atoms with Gasteiger partial charge < -0.3 is 22.9 Å². The SMILES string of the molecule is CCCCC1CCCCC([NH3+])C(=O)OC1C.[Cl-]. The van der Waals surface area contributed by atoms with E-state index in [4.69, 9.17) is 4.74 Å². The number of hydrogen-bond donors (Lipinski definition) is 1. The van der Waals surface area contributed by atoms with E-state index in [1.54, 1.807) is 0 Å². The molecule has 102 valence electrons. The average molecular weight is 264 g/mol. The van der Waals surface area contributed by atoms with Crippen molar-refractivity contribution < 1.29 is 27.7 Å². The molecule has 0 aromatic carbocycles. The molecule has 0 radical (unpaired) electrons. The molecule has 0 bridgehead atoms. The molecule has 3 nitrogen and oxygen atoms in total. The second kappa shape index (κ2) is 8.76. The molecule has 0 spiro atoms. The van der Waals surface area contributed by atoms with Crippen molar-refractivity contribution in [2.45, 2.75) is 70.9 Å². The van der Waals surface area contributed by atoms with Gasteiger partial charge in [0.05, 0.1) is 0 Å². The van der Waals surface area contributed by atoms with Gasteiger partial charge in [0.1, 0.15) is 6.10 Å². The minimum atomic E-state index is -0.160. The van der Waals surface area contributed by atoms with Gasteiger partial charge in [-0.25, -0.2) is 4.79 Å². The van der Waals surface area contributed by atoms with Gasteiger partial charge in [-0.05, 0) is 32.1 Å². The fourth-order valence-corrected chi connectivity index (χ4v) is 2.37. The van der Waals surface area contributed by atoms with Crippen LogP contribution in [0, 0.1) is 5.92 Å². The summed E-state index contributed by atoms with van der Waals surface area (Å²) in [6.45, 7) is 4.24. The Labute approximate surface area is 111 Å². The molecule has 3 unspecified atom stereocenters. The molecule has 0 amide bonds. The second-order valence-corrected chi connectivity index (χ2v) is 5.03. The van der Waals surface area contributed by atoms with Gasteiger partial charge >= 0.3 is 5.97 Å². The molecular formula is C13H26ClNO2. The van der Waals surface area contributed by atoms with E-state index in [0.29, 0.717) is 5.92 Å². The van der Waals surface area contributed by atoms with Crippen LogP contribution in [0.1, 0.15) is 58.8 Å². The second-order valence-electron chi connectivity index (χ2n) is 5.03. The highest BCUT2D eigenvalue weighted by Crippen LogP contribution is 2.24. The lowest BCUT2D eigenvalue weighted by Gasteiger charge is -2.23. The third-order valence-corrected chi connectivity index (χ3v) is 3.61. The normalized spacial score (nSPS) is 30.5. The van der Waals surface area contributed by atoms with E-state index in [9.17, 15) is 4.79 Å². The van der Waals surface area contributed by atoms with Crippen LogP contribution < -0.4 is 18.1 Å². The monoisotopic (exact) mass is 263 g/mol. The number of esters is 1. The zero-order valence-corrected chi connectivity index (χ0v) is 11.8. The van der Waals surface area contributed by atoms with Crippen LogP contribution in [0.2, 0.25) is 0 Å². The molecule has 3 atom stereocenters. The third kappa shape index (κ3) is 5.73. The van der Waals surface area contributed by atoms with Crippen molar-refractivity contribution in [2.75, 3.05) is 0 Å². The predicted molar refractivity (Wildman–Crippen MR) is 63.7 cm³/mol. The Morgan fingerprint density at radius 2 is 2.00 bits per heavy atom. The Kier molecular flexibility index (Phi) is 8.61. The van der Waals surface area contributed by atoms with E-state index in [-0.39, 0.29) is 30.5 Å². The number of unbranched alkanes of at least 4 members (excludes halogenated alkanes) is 1. The topological polar surface area (TPSA) is 53.9 Å². The Morgan fingerprint density at radius 3 is 2.65 bits per heavy atom.